The lowest BCUT2D eigenvalue weighted by Crippen LogP contribution is -2.34. The van der Waals surface area contributed by atoms with Gasteiger partial charge < -0.3 is 29.6 Å². The summed E-state index contributed by atoms with van der Waals surface area (Å²) in [6.45, 7) is 0.714. The smallest absolute Gasteiger partial charge is 0.296 e. The van der Waals surface area contributed by atoms with Gasteiger partial charge in [0.15, 0.2) is 21.6 Å². The Hall–Kier alpha value is -2.44. The molecule has 2 saturated heterocycles. The summed E-state index contributed by atoms with van der Waals surface area (Å²) in [6.07, 6.45) is -0.655. The second kappa shape index (κ2) is 8.16. The summed E-state index contributed by atoms with van der Waals surface area (Å²) in [6, 6.07) is 8.64. The third-order valence-corrected chi connectivity index (χ3v) is 6.95. The lowest BCUT2D eigenvalue weighted by atomic mass is 10.1. The fourth-order valence-corrected chi connectivity index (χ4v) is 5.11. The summed E-state index contributed by atoms with van der Waals surface area (Å²) in [7, 11) is -3.36. The van der Waals surface area contributed by atoms with Gasteiger partial charge in [-0.3, -0.25) is 0 Å². The van der Waals surface area contributed by atoms with Crippen molar-refractivity contribution in [3.05, 3.63) is 40.9 Å². The van der Waals surface area contributed by atoms with Crippen LogP contribution < -0.4 is 10.1 Å². The first-order valence-electron chi connectivity index (χ1n) is 9.95. The number of nitrogens with zero attached hydrogens (tertiary/aromatic N) is 2. The normalized spacial score (nSPS) is 25.2. The van der Waals surface area contributed by atoms with E-state index in [2.05, 4.69) is 20.3 Å². The van der Waals surface area contributed by atoms with Crippen LogP contribution in [0.15, 0.2) is 35.2 Å². The van der Waals surface area contributed by atoms with Crippen molar-refractivity contribution in [3.63, 3.8) is 0 Å². The number of rotatable bonds is 6. The standard InChI is InChI=1S/C20H21ClN4O6S/c1-32(27,28)15-5-3-2-4-10(15)7-22-18-11(21)6-12-19(24-18)25-20(23-12)31-14-9-30-16-13(26)8-29-17(14)16/h2-6,13-14,16-17,26H,7-9H2,1H3,(H2,22,23,24,25)/t13-,14-,16-,17-/m1/s1. The number of aromatic nitrogens is 3. The van der Waals surface area contributed by atoms with Crippen molar-refractivity contribution >= 4 is 38.4 Å². The van der Waals surface area contributed by atoms with E-state index in [4.69, 9.17) is 25.8 Å². The molecule has 2 fully saturated rings. The summed E-state index contributed by atoms with van der Waals surface area (Å²) in [5, 5.41) is 13.3. The Labute approximate surface area is 188 Å². The fourth-order valence-electron chi connectivity index (χ4n) is 3.95. The number of aliphatic hydroxyl groups is 1. The molecule has 0 bridgehead atoms. The molecule has 0 saturated carbocycles. The molecule has 2 aliphatic heterocycles. The number of aromatic amines is 1. The molecular weight excluding hydrogens is 460 g/mol. The van der Waals surface area contributed by atoms with Gasteiger partial charge in [-0.1, -0.05) is 29.8 Å². The highest BCUT2D eigenvalue weighted by Gasteiger charge is 2.48. The van der Waals surface area contributed by atoms with Gasteiger partial charge in [-0.2, -0.15) is 4.98 Å². The van der Waals surface area contributed by atoms with E-state index in [9.17, 15) is 13.5 Å². The van der Waals surface area contributed by atoms with Crippen LogP contribution in [0.5, 0.6) is 6.01 Å². The SMILES string of the molecule is CS(=O)(=O)c1ccccc1CNc1nc2nc(O[C@@H]3CO[C@H]4[C@@H]3OC[C@H]4O)[nH]c2cc1Cl. The number of ether oxygens (including phenoxy) is 3. The molecule has 0 aliphatic carbocycles. The first-order valence-corrected chi connectivity index (χ1v) is 12.2. The van der Waals surface area contributed by atoms with E-state index in [-0.39, 0.29) is 36.8 Å². The predicted octanol–water partition coefficient (Wildman–Crippen LogP) is 1.53. The van der Waals surface area contributed by atoms with Gasteiger partial charge >= 0.3 is 0 Å². The number of fused-ring (bicyclic) bond motifs is 2. The number of H-pyrrole nitrogens is 1. The second-order valence-electron chi connectivity index (χ2n) is 7.78. The van der Waals surface area contributed by atoms with Gasteiger partial charge in [0.2, 0.25) is 0 Å². The van der Waals surface area contributed by atoms with Crippen LogP contribution >= 0.6 is 11.6 Å². The average Bonchev–Trinajstić information content (AvgIpc) is 3.43. The predicted molar refractivity (Wildman–Crippen MR) is 116 cm³/mol. The van der Waals surface area contributed by atoms with Crippen molar-refractivity contribution in [2.24, 2.45) is 0 Å². The highest BCUT2D eigenvalue weighted by atomic mass is 35.5. The quantitative estimate of drug-likeness (QED) is 0.479. The summed E-state index contributed by atoms with van der Waals surface area (Å²) in [5.41, 5.74) is 1.56. The van der Waals surface area contributed by atoms with E-state index < -0.39 is 28.1 Å². The minimum Gasteiger partial charge on any atom is -0.456 e. The number of halogens is 1. The van der Waals surface area contributed by atoms with Crippen LogP contribution in [0.2, 0.25) is 5.02 Å². The molecular formula is C20H21ClN4O6S. The minimum absolute atomic E-state index is 0.212. The van der Waals surface area contributed by atoms with Crippen molar-refractivity contribution in [3.8, 4) is 6.01 Å². The van der Waals surface area contributed by atoms with Gasteiger partial charge in [-0.15, -0.1) is 0 Å². The molecule has 0 radical (unpaired) electrons. The van der Waals surface area contributed by atoms with Gasteiger partial charge in [0, 0.05) is 12.8 Å². The average molecular weight is 481 g/mol. The number of imidazole rings is 1. The number of nitrogens with one attached hydrogen (secondary N) is 2. The van der Waals surface area contributed by atoms with Gasteiger partial charge in [0.25, 0.3) is 6.01 Å². The molecule has 5 rings (SSSR count). The van der Waals surface area contributed by atoms with Crippen LogP contribution in [0.25, 0.3) is 11.2 Å². The molecule has 4 atom stereocenters. The molecule has 2 aromatic heterocycles. The maximum absolute atomic E-state index is 12.0. The molecule has 0 amide bonds. The number of benzene rings is 1. The first-order chi connectivity index (χ1) is 15.3. The number of hydrogen-bond acceptors (Lipinski definition) is 9. The van der Waals surface area contributed by atoms with E-state index in [1.807, 2.05) is 0 Å². The van der Waals surface area contributed by atoms with Crippen molar-refractivity contribution in [2.45, 2.75) is 35.9 Å². The van der Waals surface area contributed by atoms with Gasteiger partial charge in [-0.05, 0) is 17.7 Å². The molecule has 0 spiro atoms. The summed E-state index contributed by atoms with van der Waals surface area (Å²) in [4.78, 5) is 12.1. The Kier molecular flexibility index (Phi) is 5.46. The number of pyridine rings is 1. The van der Waals surface area contributed by atoms with E-state index in [1.54, 1.807) is 30.3 Å². The Morgan fingerprint density at radius 3 is 2.84 bits per heavy atom. The summed E-state index contributed by atoms with van der Waals surface area (Å²) in [5.74, 6) is 0.368. The number of sulfone groups is 1. The van der Waals surface area contributed by atoms with Crippen molar-refractivity contribution in [1.82, 2.24) is 15.0 Å². The van der Waals surface area contributed by atoms with Crippen molar-refractivity contribution < 1.29 is 27.7 Å². The van der Waals surface area contributed by atoms with E-state index in [1.165, 1.54) is 6.26 Å². The molecule has 2 aliphatic rings. The molecule has 3 aromatic rings. The van der Waals surface area contributed by atoms with E-state index in [0.29, 0.717) is 27.6 Å². The van der Waals surface area contributed by atoms with E-state index >= 15 is 0 Å². The van der Waals surface area contributed by atoms with Crippen LogP contribution in [-0.4, -0.2) is 72.4 Å². The Morgan fingerprint density at radius 1 is 1.25 bits per heavy atom. The maximum Gasteiger partial charge on any atom is 0.296 e. The zero-order valence-corrected chi connectivity index (χ0v) is 18.6. The van der Waals surface area contributed by atoms with Crippen LogP contribution in [0, 0.1) is 0 Å². The van der Waals surface area contributed by atoms with Crippen LogP contribution in [0.1, 0.15) is 5.56 Å². The zero-order chi connectivity index (χ0) is 22.5. The van der Waals surface area contributed by atoms with Gasteiger partial charge in [0.05, 0.1) is 28.6 Å². The third-order valence-electron chi connectivity index (χ3n) is 5.47. The molecule has 3 N–H and O–H groups in total. The topological polar surface area (TPSA) is 136 Å². The largest absolute Gasteiger partial charge is 0.456 e. The molecule has 1 aromatic carbocycles. The lowest BCUT2D eigenvalue weighted by molar-refractivity contribution is 0.00706. The molecule has 4 heterocycles. The number of aliphatic hydroxyl groups excluding tert-OH is 1. The zero-order valence-electron chi connectivity index (χ0n) is 17.0. The summed E-state index contributed by atoms with van der Waals surface area (Å²) >= 11 is 6.37. The van der Waals surface area contributed by atoms with Gasteiger partial charge in [-0.25, -0.2) is 13.4 Å². The Morgan fingerprint density at radius 2 is 2.03 bits per heavy atom. The van der Waals surface area contributed by atoms with E-state index in [0.717, 1.165) is 0 Å². The Balaban J connectivity index is 1.33. The molecule has 0 unspecified atom stereocenters. The van der Waals surface area contributed by atoms with Crippen molar-refractivity contribution in [2.75, 3.05) is 24.8 Å². The lowest BCUT2D eigenvalue weighted by Gasteiger charge is -2.15. The monoisotopic (exact) mass is 480 g/mol. The highest BCUT2D eigenvalue weighted by molar-refractivity contribution is 7.90. The first kappa shape index (κ1) is 21.4. The second-order valence-corrected chi connectivity index (χ2v) is 10.2. The number of hydrogen-bond donors (Lipinski definition) is 3. The van der Waals surface area contributed by atoms with Crippen LogP contribution in [-0.2, 0) is 25.9 Å². The fraction of sp³-hybridized carbons (Fsp3) is 0.400. The minimum atomic E-state index is -3.36. The van der Waals surface area contributed by atoms with Crippen LogP contribution in [0.3, 0.4) is 0 Å². The summed E-state index contributed by atoms with van der Waals surface area (Å²) < 4.78 is 41.0. The third kappa shape index (κ3) is 4.02. The highest BCUT2D eigenvalue weighted by Crippen LogP contribution is 2.31. The molecule has 12 heteroatoms. The number of anilines is 1. The van der Waals surface area contributed by atoms with Crippen molar-refractivity contribution in [1.29, 1.82) is 0 Å². The van der Waals surface area contributed by atoms with Gasteiger partial charge in [0.1, 0.15) is 24.1 Å². The maximum atomic E-state index is 12.0. The molecule has 170 valence electrons. The van der Waals surface area contributed by atoms with Crippen LogP contribution in [0.4, 0.5) is 5.82 Å². The Bertz CT molecular complexity index is 1270. The molecule has 10 nitrogen and oxygen atoms in total. The molecule has 32 heavy (non-hydrogen) atoms.